The van der Waals surface area contributed by atoms with Gasteiger partial charge in [-0.2, -0.15) is 0 Å². The molecule has 4 heterocycles. The second kappa shape index (κ2) is 23.7. The van der Waals surface area contributed by atoms with Gasteiger partial charge < -0.3 is 42.6 Å². The van der Waals surface area contributed by atoms with Crippen LogP contribution in [0.4, 0.5) is 5.82 Å². The molecular formula is C52H59N6O8PS2. The molecule has 0 saturated carbocycles. The highest BCUT2D eigenvalue weighted by Gasteiger charge is 2.45. The number of amides is 1. The van der Waals surface area contributed by atoms with Crippen LogP contribution in [0.2, 0.25) is 0 Å². The number of methoxy groups -OCH3 is 2. The number of carbonyl (C=O) groups is 1. The quantitative estimate of drug-likeness (QED) is 0.0317. The molecule has 2 aliphatic rings. The van der Waals surface area contributed by atoms with Crippen LogP contribution >= 0.6 is 30.1 Å². The van der Waals surface area contributed by atoms with Gasteiger partial charge in [0.1, 0.15) is 42.2 Å². The first-order chi connectivity index (χ1) is 33.6. The van der Waals surface area contributed by atoms with E-state index in [1.807, 2.05) is 89.5 Å². The van der Waals surface area contributed by atoms with E-state index in [1.54, 1.807) is 54.3 Å². The van der Waals surface area contributed by atoms with Crippen LogP contribution in [0, 0.1) is 12.3 Å². The molecule has 4 aromatic carbocycles. The predicted molar refractivity (Wildman–Crippen MR) is 274 cm³/mol. The molecule has 6 atom stereocenters. The van der Waals surface area contributed by atoms with Gasteiger partial charge in [0.05, 0.1) is 52.0 Å². The average Bonchev–Trinajstić information content (AvgIpc) is 3.97. The number of nitrogens with zero attached hydrogens (tertiary/aromatic N) is 5. The van der Waals surface area contributed by atoms with Gasteiger partial charge in [0, 0.05) is 35.6 Å². The summed E-state index contributed by atoms with van der Waals surface area (Å²) in [7, 11) is 5.16. The number of rotatable bonds is 21. The Morgan fingerprint density at radius 3 is 2.03 bits per heavy atom. The van der Waals surface area contributed by atoms with E-state index < -0.39 is 26.3 Å². The molecule has 1 N–H and O–H groups in total. The van der Waals surface area contributed by atoms with Crippen LogP contribution in [0.25, 0.3) is 11.2 Å². The number of anilines is 1. The van der Waals surface area contributed by atoms with Crippen LogP contribution in [0.1, 0.15) is 61.2 Å². The third-order valence-electron chi connectivity index (χ3n) is 12.0. The molecule has 1 amide bonds. The van der Waals surface area contributed by atoms with E-state index in [2.05, 4.69) is 70.7 Å². The predicted octanol–water partition coefficient (Wildman–Crippen LogP) is 9.79. The maximum atomic E-state index is 13.2. The number of benzene rings is 4. The van der Waals surface area contributed by atoms with Gasteiger partial charge >= 0.3 is 0 Å². The van der Waals surface area contributed by atoms with Crippen molar-refractivity contribution in [3.8, 4) is 23.8 Å². The van der Waals surface area contributed by atoms with E-state index in [0.717, 1.165) is 39.7 Å². The fraction of sp³-hybridized carbons (Fsp3) is 0.385. The summed E-state index contributed by atoms with van der Waals surface area (Å²) in [5.41, 5.74) is 3.14. The molecule has 2 aromatic heterocycles. The Hall–Kier alpha value is -5.05. The van der Waals surface area contributed by atoms with E-state index >= 15 is 0 Å². The summed E-state index contributed by atoms with van der Waals surface area (Å²) in [6.07, 6.45) is 7.41. The summed E-state index contributed by atoms with van der Waals surface area (Å²) in [6, 6.07) is 35.3. The molecule has 0 radical (unpaired) electrons. The van der Waals surface area contributed by atoms with E-state index in [9.17, 15) is 4.79 Å². The highest BCUT2D eigenvalue weighted by atomic mass is 33.1. The topological polar surface area (TPSA) is 141 Å². The molecule has 2 aliphatic heterocycles. The number of hydrogen-bond acceptors (Lipinski definition) is 14. The Labute approximate surface area is 413 Å². The Bertz CT molecular complexity index is 2570. The van der Waals surface area contributed by atoms with Crippen molar-refractivity contribution in [2.45, 2.75) is 88.9 Å². The minimum Gasteiger partial charge on any atom is -0.497 e. The summed E-state index contributed by atoms with van der Waals surface area (Å²) >= 11 is 0. The summed E-state index contributed by atoms with van der Waals surface area (Å²) in [4.78, 5) is 26.9. The Morgan fingerprint density at radius 2 is 1.42 bits per heavy atom. The first-order valence-electron chi connectivity index (χ1n) is 23.0. The van der Waals surface area contributed by atoms with Crippen LogP contribution in [0.3, 0.4) is 0 Å². The molecule has 2 saturated heterocycles. The van der Waals surface area contributed by atoms with Crippen LogP contribution in [0.15, 0.2) is 122 Å². The number of aromatic nitrogens is 4. The molecule has 17 heteroatoms. The van der Waals surface area contributed by atoms with Crippen molar-refractivity contribution in [1.82, 2.24) is 24.2 Å². The highest BCUT2D eigenvalue weighted by molar-refractivity contribution is 8.76. The molecule has 0 aliphatic carbocycles. The number of ether oxygens (including phenoxy) is 5. The lowest BCUT2D eigenvalue weighted by molar-refractivity contribution is -0.0829. The van der Waals surface area contributed by atoms with Crippen LogP contribution < -0.4 is 14.8 Å². The third-order valence-corrected chi connectivity index (χ3v) is 16.6. The molecule has 4 unspecified atom stereocenters. The van der Waals surface area contributed by atoms with Crippen molar-refractivity contribution in [1.29, 1.82) is 0 Å². The van der Waals surface area contributed by atoms with E-state index in [0.29, 0.717) is 35.5 Å². The molecule has 362 valence electrons. The standard InChI is InChI=1S/C52H59N6O8PS2/c1-8-27-62-46-31-68-69-32-47(46)66-67(58(35(2)3)36(4)5)65-44-28-43(29-57-34-55-48-49(53-33-54-50(48)57)56-51(59)37-15-11-9-12-16-37)64-45(44)30-63-52(38-17-13-10-14-18-38,39-19-23-41(60-6)24-20-39)40-21-25-42(61-7)26-22-40/h1,9-26,33-36,43-47H,27-32H2,2-7H3,(H,53,54,56,59)/t43?,44?,45?,46-,47-,67?/m1/s1. The van der Waals surface area contributed by atoms with Crippen molar-refractivity contribution in [3.63, 3.8) is 0 Å². The van der Waals surface area contributed by atoms with Gasteiger partial charge in [-0.25, -0.2) is 19.6 Å². The van der Waals surface area contributed by atoms with Crippen LogP contribution in [-0.4, -0.2) is 112 Å². The first kappa shape index (κ1) is 50.3. The Balaban J connectivity index is 1.16. The van der Waals surface area contributed by atoms with Gasteiger partial charge in [-0.15, -0.1) is 6.42 Å². The van der Waals surface area contributed by atoms with Gasteiger partial charge in [-0.1, -0.05) is 100 Å². The second-order valence-electron chi connectivity index (χ2n) is 17.2. The SMILES string of the molecule is C#CCO[C@@H]1CSSC[C@H]1OP(OC1CC(Cn2cnc3c(NC(=O)c4ccccc4)ncnc32)OC1COC(c1ccccc1)(c1ccc(OC)cc1)c1ccc(OC)cc1)N(C(C)C)C(C)C. The number of fused-ring (bicyclic) bond motifs is 1. The number of hydrogen-bond donors (Lipinski definition) is 1. The summed E-state index contributed by atoms with van der Waals surface area (Å²) in [5, 5.41) is 2.92. The molecule has 69 heavy (non-hydrogen) atoms. The zero-order valence-corrected chi connectivity index (χ0v) is 42.2. The first-order valence-corrected chi connectivity index (χ1v) is 26.6. The summed E-state index contributed by atoms with van der Waals surface area (Å²) in [5.74, 6) is 5.57. The maximum Gasteiger partial charge on any atom is 0.259 e. The van der Waals surface area contributed by atoms with Gasteiger partial charge in [0.2, 0.25) is 0 Å². The van der Waals surface area contributed by atoms with E-state index in [1.165, 1.54) is 6.33 Å². The number of carbonyl (C=O) groups excluding carboxylic acids is 1. The van der Waals surface area contributed by atoms with Crippen molar-refractivity contribution in [2.75, 3.05) is 44.3 Å². The second-order valence-corrected chi connectivity index (χ2v) is 21.1. The van der Waals surface area contributed by atoms with Crippen molar-refractivity contribution < 1.29 is 37.5 Å². The average molecular weight is 991 g/mol. The molecule has 8 rings (SSSR count). The summed E-state index contributed by atoms with van der Waals surface area (Å²) in [6.45, 7) is 9.36. The van der Waals surface area contributed by atoms with Crippen molar-refractivity contribution in [3.05, 3.63) is 144 Å². The highest BCUT2D eigenvalue weighted by Crippen LogP contribution is 2.52. The lowest BCUT2D eigenvalue weighted by atomic mass is 9.80. The van der Waals surface area contributed by atoms with Gasteiger partial charge in [-0.3, -0.25) is 4.79 Å². The molecular weight excluding hydrogens is 932 g/mol. The smallest absolute Gasteiger partial charge is 0.259 e. The van der Waals surface area contributed by atoms with Gasteiger partial charge in [0.25, 0.3) is 14.4 Å². The molecule has 0 spiro atoms. The third kappa shape index (κ3) is 11.8. The minimum atomic E-state index is -1.68. The Morgan fingerprint density at radius 1 is 0.826 bits per heavy atom. The normalized spacial score (nSPS) is 20.0. The Kier molecular flexibility index (Phi) is 17.3. The fourth-order valence-electron chi connectivity index (χ4n) is 8.74. The molecule has 0 bridgehead atoms. The monoisotopic (exact) mass is 990 g/mol. The summed E-state index contributed by atoms with van der Waals surface area (Å²) < 4.78 is 50.7. The van der Waals surface area contributed by atoms with Crippen molar-refractivity contribution in [2.24, 2.45) is 0 Å². The largest absolute Gasteiger partial charge is 0.497 e. The van der Waals surface area contributed by atoms with E-state index in [4.69, 9.17) is 39.2 Å². The fourth-order valence-corrected chi connectivity index (χ4v) is 13.2. The van der Waals surface area contributed by atoms with E-state index in [-0.39, 0.29) is 49.5 Å². The lowest BCUT2D eigenvalue weighted by Gasteiger charge is -2.41. The van der Waals surface area contributed by atoms with Crippen molar-refractivity contribution >= 4 is 53.0 Å². The number of terminal acetylenes is 1. The molecule has 2 fully saturated rings. The minimum absolute atomic E-state index is 0.0871. The number of nitrogens with one attached hydrogen (secondary N) is 1. The van der Waals surface area contributed by atoms with Crippen LogP contribution in [-0.2, 0) is 35.4 Å². The molecule has 14 nitrogen and oxygen atoms in total. The van der Waals surface area contributed by atoms with Gasteiger partial charge in [-0.05, 0) is 80.8 Å². The van der Waals surface area contributed by atoms with Gasteiger partial charge in [0.15, 0.2) is 17.0 Å². The lowest BCUT2D eigenvalue weighted by Crippen LogP contribution is -2.42. The molecule has 6 aromatic rings. The zero-order chi connectivity index (χ0) is 48.3. The zero-order valence-electron chi connectivity index (χ0n) is 39.7. The van der Waals surface area contributed by atoms with Crippen LogP contribution in [0.5, 0.6) is 11.5 Å². The number of imidazole rings is 1. The maximum absolute atomic E-state index is 13.2.